The second-order valence-corrected chi connectivity index (χ2v) is 9.52. The van der Waals surface area contributed by atoms with Crippen LogP contribution in [0.1, 0.15) is 30.8 Å². The van der Waals surface area contributed by atoms with Crippen LogP contribution in [0, 0.1) is 5.92 Å². The van der Waals surface area contributed by atoms with Gasteiger partial charge in [-0.15, -0.1) is 0 Å². The molecule has 0 bridgehead atoms. The molecule has 1 saturated heterocycles. The standard InChI is InChI=1S/C26H31F3N6O/c1-17(2)23(24(30)36)33-25-20-5-3-4-6-21(20)31-22(32-25)16-35-13-11-34(12-14-35)15-18-7-9-19(10-8-18)26(27,28)29/h3-10,17,23H,11-16H2,1-2H3,(H2,30,36)(H,31,32,33)/t23-/m0/s1. The van der Waals surface area contributed by atoms with Crippen molar-refractivity contribution in [3.05, 3.63) is 65.5 Å². The first-order chi connectivity index (χ1) is 17.1. The predicted molar refractivity (Wildman–Crippen MR) is 133 cm³/mol. The van der Waals surface area contributed by atoms with E-state index in [4.69, 9.17) is 15.7 Å². The average Bonchev–Trinajstić information content (AvgIpc) is 2.83. The highest BCUT2D eigenvalue weighted by atomic mass is 19.4. The minimum Gasteiger partial charge on any atom is -0.368 e. The number of benzene rings is 2. The molecule has 1 atom stereocenters. The Hall–Kier alpha value is -3.24. The van der Waals surface area contributed by atoms with Gasteiger partial charge in [-0.25, -0.2) is 9.97 Å². The van der Waals surface area contributed by atoms with Crippen molar-refractivity contribution in [2.45, 2.75) is 39.2 Å². The molecule has 0 radical (unpaired) electrons. The van der Waals surface area contributed by atoms with E-state index in [9.17, 15) is 18.0 Å². The summed E-state index contributed by atoms with van der Waals surface area (Å²) in [5.41, 5.74) is 6.63. The Labute approximate surface area is 208 Å². The summed E-state index contributed by atoms with van der Waals surface area (Å²) in [6, 6.07) is 12.5. The third kappa shape index (κ3) is 6.30. The third-order valence-electron chi connectivity index (χ3n) is 6.43. The molecular formula is C26H31F3N6O. The van der Waals surface area contributed by atoms with Crippen LogP contribution in [0.3, 0.4) is 0 Å². The first kappa shape index (κ1) is 25.8. The number of amides is 1. The van der Waals surface area contributed by atoms with Gasteiger partial charge in [0.25, 0.3) is 0 Å². The van der Waals surface area contributed by atoms with Gasteiger partial charge in [0.05, 0.1) is 17.6 Å². The van der Waals surface area contributed by atoms with Crippen molar-refractivity contribution >= 4 is 22.6 Å². The van der Waals surface area contributed by atoms with Crippen molar-refractivity contribution in [3.63, 3.8) is 0 Å². The van der Waals surface area contributed by atoms with E-state index in [1.807, 2.05) is 38.1 Å². The van der Waals surface area contributed by atoms with Crippen molar-refractivity contribution in [2.24, 2.45) is 11.7 Å². The van der Waals surface area contributed by atoms with Gasteiger partial charge in [-0.05, 0) is 35.7 Å². The monoisotopic (exact) mass is 500 g/mol. The van der Waals surface area contributed by atoms with Crippen LogP contribution in [0.4, 0.5) is 19.0 Å². The number of carbonyl (C=O) groups excluding carboxylic acids is 1. The maximum atomic E-state index is 12.8. The molecule has 4 rings (SSSR count). The van der Waals surface area contributed by atoms with E-state index in [-0.39, 0.29) is 5.92 Å². The van der Waals surface area contributed by atoms with Crippen LogP contribution < -0.4 is 11.1 Å². The molecule has 0 aliphatic carbocycles. The zero-order valence-corrected chi connectivity index (χ0v) is 20.4. The number of nitrogens with two attached hydrogens (primary N) is 1. The molecular weight excluding hydrogens is 469 g/mol. The molecule has 0 unspecified atom stereocenters. The maximum Gasteiger partial charge on any atom is 0.416 e. The summed E-state index contributed by atoms with van der Waals surface area (Å²) < 4.78 is 38.4. The normalized spacial score (nSPS) is 16.4. The predicted octanol–water partition coefficient (Wildman–Crippen LogP) is 3.89. The Morgan fingerprint density at radius 2 is 1.58 bits per heavy atom. The van der Waals surface area contributed by atoms with Crippen LogP contribution >= 0.6 is 0 Å². The summed E-state index contributed by atoms with van der Waals surface area (Å²) in [7, 11) is 0. The summed E-state index contributed by atoms with van der Waals surface area (Å²) in [5.74, 6) is 0.809. The van der Waals surface area contributed by atoms with Gasteiger partial charge in [-0.2, -0.15) is 13.2 Å². The first-order valence-corrected chi connectivity index (χ1v) is 12.0. The van der Waals surface area contributed by atoms with Crippen LogP contribution in [0.5, 0.6) is 0 Å². The number of anilines is 1. The Bertz CT molecular complexity index is 1190. The molecule has 1 aromatic heterocycles. The van der Waals surface area contributed by atoms with Gasteiger partial charge >= 0.3 is 6.18 Å². The number of nitrogens with zero attached hydrogens (tertiary/aromatic N) is 4. The highest BCUT2D eigenvalue weighted by molar-refractivity contribution is 5.91. The van der Waals surface area contributed by atoms with Crippen LogP contribution in [0.2, 0.25) is 0 Å². The SMILES string of the molecule is CC(C)[C@H](Nc1nc(CN2CCN(Cc3ccc(C(F)(F)F)cc3)CC2)nc2ccccc12)C(N)=O. The number of hydrogen-bond donors (Lipinski definition) is 2. The number of piperazine rings is 1. The van der Waals surface area contributed by atoms with E-state index in [0.717, 1.165) is 54.8 Å². The zero-order chi connectivity index (χ0) is 25.9. The molecule has 1 aliphatic rings. The maximum absolute atomic E-state index is 12.8. The molecule has 3 N–H and O–H groups in total. The molecule has 192 valence electrons. The van der Waals surface area contributed by atoms with E-state index in [0.29, 0.717) is 24.7 Å². The Morgan fingerprint density at radius 1 is 0.972 bits per heavy atom. The number of fused-ring (bicyclic) bond motifs is 1. The summed E-state index contributed by atoms with van der Waals surface area (Å²) >= 11 is 0. The van der Waals surface area contributed by atoms with Gasteiger partial charge in [0.1, 0.15) is 17.7 Å². The van der Waals surface area contributed by atoms with Gasteiger partial charge < -0.3 is 11.1 Å². The highest BCUT2D eigenvalue weighted by Gasteiger charge is 2.30. The number of carbonyl (C=O) groups is 1. The fourth-order valence-corrected chi connectivity index (χ4v) is 4.38. The fraction of sp³-hybridized carbons (Fsp3) is 0.423. The number of aromatic nitrogens is 2. The topological polar surface area (TPSA) is 87.4 Å². The quantitative estimate of drug-likeness (QED) is 0.488. The van der Waals surface area contributed by atoms with Crippen molar-refractivity contribution < 1.29 is 18.0 Å². The second kappa shape index (κ2) is 10.8. The molecule has 36 heavy (non-hydrogen) atoms. The number of nitrogens with one attached hydrogen (secondary N) is 1. The van der Waals surface area contributed by atoms with E-state index in [2.05, 4.69) is 15.1 Å². The van der Waals surface area contributed by atoms with Crippen LogP contribution in [0.25, 0.3) is 10.9 Å². The van der Waals surface area contributed by atoms with Gasteiger partial charge in [0.2, 0.25) is 5.91 Å². The lowest BCUT2D eigenvalue weighted by Gasteiger charge is -2.34. The summed E-state index contributed by atoms with van der Waals surface area (Å²) in [6.07, 6.45) is -4.32. The number of rotatable bonds is 8. The summed E-state index contributed by atoms with van der Waals surface area (Å²) in [5, 5.41) is 4.05. The Kier molecular flexibility index (Phi) is 7.75. The number of primary amides is 1. The van der Waals surface area contributed by atoms with E-state index >= 15 is 0 Å². The van der Waals surface area contributed by atoms with E-state index in [1.165, 1.54) is 0 Å². The Balaban J connectivity index is 1.40. The van der Waals surface area contributed by atoms with Gasteiger partial charge in [-0.1, -0.05) is 38.1 Å². The first-order valence-electron chi connectivity index (χ1n) is 12.0. The number of para-hydroxylation sites is 1. The van der Waals surface area contributed by atoms with Gasteiger partial charge in [0.15, 0.2) is 0 Å². The lowest BCUT2D eigenvalue weighted by atomic mass is 10.0. The molecule has 2 aromatic carbocycles. The largest absolute Gasteiger partial charge is 0.416 e. The molecule has 0 saturated carbocycles. The fourth-order valence-electron chi connectivity index (χ4n) is 4.38. The minimum absolute atomic E-state index is 0.00239. The van der Waals surface area contributed by atoms with Gasteiger partial charge in [0, 0.05) is 38.1 Å². The summed E-state index contributed by atoms with van der Waals surface area (Å²) in [6.45, 7) is 8.17. The lowest BCUT2D eigenvalue weighted by molar-refractivity contribution is -0.137. The van der Waals surface area contributed by atoms with Crippen molar-refractivity contribution in [1.82, 2.24) is 19.8 Å². The molecule has 10 heteroatoms. The average molecular weight is 501 g/mol. The van der Waals surface area contributed by atoms with Crippen LogP contribution in [-0.4, -0.2) is 57.9 Å². The Morgan fingerprint density at radius 3 is 2.17 bits per heavy atom. The van der Waals surface area contributed by atoms with E-state index < -0.39 is 23.7 Å². The van der Waals surface area contributed by atoms with Crippen molar-refractivity contribution in [1.29, 1.82) is 0 Å². The minimum atomic E-state index is -4.32. The van der Waals surface area contributed by atoms with E-state index in [1.54, 1.807) is 12.1 Å². The molecule has 1 aliphatic heterocycles. The molecule has 0 spiro atoms. The lowest BCUT2D eigenvalue weighted by Crippen LogP contribution is -2.45. The van der Waals surface area contributed by atoms with Gasteiger partial charge in [-0.3, -0.25) is 14.6 Å². The van der Waals surface area contributed by atoms with Crippen LogP contribution in [-0.2, 0) is 24.1 Å². The number of hydrogen-bond acceptors (Lipinski definition) is 6. The molecule has 2 heterocycles. The highest BCUT2D eigenvalue weighted by Crippen LogP contribution is 2.29. The third-order valence-corrected chi connectivity index (χ3v) is 6.43. The zero-order valence-electron chi connectivity index (χ0n) is 20.4. The number of halogens is 3. The molecule has 1 amide bonds. The smallest absolute Gasteiger partial charge is 0.368 e. The molecule has 1 fully saturated rings. The molecule has 3 aromatic rings. The summed E-state index contributed by atoms with van der Waals surface area (Å²) in [4.78, 5) is 25.9. The van der Waals surface area contributed by atoms with Crippen LogP contribution in [0.15, 0.2) is 48.5 Å². The van der Waals surface area contributed by atoms with Crippen molar-refractivity contribution in [2.75, 3.05) is 31.5 Å². The van der Waals surface area contributed by atoms with Crippen molar-refractivity contribution in [3.8, 4) is 0 Å². The molecule has 7 nitrogen and oxygen atoms in total. The number of alkyl halides is 3. The second-order valence-electron chi connectivity index (χ2n) is 9.52.